The van der Waals surface area contributed by atoms with Crippen LogP contribution in [0, 0.1) is 11.8 Å². The molecule has 339 valence electrons. The Morgan fingerprint density at radius 2 is 0.859 bits per heavy atom. The molecule has 4 aromatic rings. The van der Waals surface area contributed by atoms with Gasteiger partial charge >= 0.3 is 400 Å². The molecule has 4 aromatic carbocycles. The van der Waals surface area contributed by atoms with Crippen molar-refractivity contribution in [2.24, 2.45) is 11.8 Å². The zero-order valence-electron chi connectivity index (χ0n) is 39.5. The minimum absolute atomic E-state index is 0.153. The van der Waals surface area contributed by atoms with Gasteiger partial charge in [-0.1, -0.05) is 0 Å². The molecule has 0 saturated heterocycles. The van der Waals surface area contributed by atoms with Crippen LogP contribution in [0.4, 0.5) is 0 Å². The zero-order chi connectivity index (χ0) is 43.7. The van der Waals surface area contributed by atoms with Crippen LogP contribution >= 0.6 is 17.0 Å². The summed E-state index contributed by atoms with van der Waals surface area (Å²) in [5, 5.41) is 0. The quantitative estimate of drug-likeness (QED) is 0.117. The van der Waals surface area contributed by atoms with Gasteiger partial charge in [-0.05, 0) is 0 Å². The van der Waals surface area contributed by atoms with Crippen LogP contribution in [0.1, 0.15) is 207 Å². The number of benzene rings is 4. The predicted octanol–water partition coefficient (Wildman–Crippen LogP) is 19.4. The van der Waals surface area contributed by atoms with Crippen LogP contribution in [0.25, 0.3) is 34.4 Å². The maximum atomic E-state index is 9.38. The monoisotopic (exact) mass is 985 g/mol. The Morgan fingerprint density at radius 3 is 1.23 bits per heavy atom. The molecule has 64 heavy (non-hydrogen) atoms. The number of halogens is 2. The van der Waals surface area contributed by atoms with Crippen LogP contribution < -0.4 is 0 Å². The van der Waals surface area contributed by atoms with E-state index >= 15 is 0 Å². The average Bonchev–Trinajstić information content (AvgIpc) is 3.92. The van der Waals surface area contributed by atoms with Crippen LogP contribution in [0.5, 0.6) is 0 Å². The van der Waals surface area contributed by atoms with Crippen molar-refractivity contribution in [3.63, 3.8) is 0 Å². The average molecular weight is 988 g/mol. The molecule has 0 amide bonds. The Labute approximate surface area is 397 Å². The summed E-state index contributed by atoms with van der Waals surface area (Å²) >= 11 is -5.09. The van der Waals surface area contributed by atoms with E-state index in [1.807, 2.05) is 0 Å². The third kappa shape index (κ3) is 8.94. The van der Waals surface area contributed by atoms with Gasteiger partial charge in [-0.2, -0.15) is 0 Å². The first-order chi connectivity index (χ1) is 31.3. The van der Waals surface area contributed by atoms with Gasteiger partial charge in [0.15, 0.2) is 0 Å². The first-order valence-electron chi connectivity index (χ1n) is 26.7. The summed E-state index contributed by atoms with van der Waals surface area (Å²) in [5.41, 5.74) is 17.6. The van der Waals surface area contributed by atoms with E-state index < -0.39 is 21.5 Å². The second kappa shape index (κ2) is 19.9. The van der Waals surface area contributed by atoms with Gasteiger partial charge in [-0.15, -0.1) is 0 Å². The summed E-state index contributed by atoms with van der Waals surface area (Å²) in [6.07, 6.45) is 36.1. The fourth-order valence-corrected chi connectivity index (χ4v) is 55.9. The van der Waals surface area contributed by atoms with Gasteiger partial charge in [0, 0.05) is 0 Å². The second-order valence-electron chi connectivity index (χ2n) is 22.2. The summed E-state index contributed by atoms with van der Waals surface area (Å²) < 4.78 is 0.307. The molecule has 0 heterocycles. The Hall–Kier alpha value is -1.96. The number of hydrogen-bond donors (Lipinski definition) is 0. The van der Waals surface area contributed by atoms with E-state index in [1.54, 1.807) is 11.1 Å². The van der Waals surface area contributed by atoms with Gasteiger partial charge in [0.05, 0.1) is 0 Å². The Kier molecular flexibility index (Phi) is 14.3. The van der Waals surface area contributed by atoms with E-state index in [0.29, 0.717) is 11.8 Å². The van der Waals surface area contributed by atoms with Crippen LogP contribution in [-0.2, 0) is 15.6 Å². The SMILES string of the molecule is CCC[SiH](C)[Zr]([Cl])([Cl])([CH]1C(CC2CCCCC2)=Cc2c(-c3ccc(C4CCCCC4)cc3)cccc21)[CH]1C(CC2CCCCC2)=Cc2c(-c3ccc(C4CCCCC4)cc3)cccc21. The summed E-state index contributed by atoms with van der Waals surface area (Å²) in [5.74, 6) is 1.15. The van der Waals surface area contributed by atoms with Crippen molar-refractivity contribution in [2.75, 3.05) is 0 Å². The molecule has 4 saturated carbocycles. The van der Waals surface area contributed by atoms with E-state index in [2.05, 4.69) is 111 Å². The molecular weight excluding hydrogens is 911 g/mol. The summed E-state index contributed by atoms with van der Waals surface area (Å²) in [6, 6.07) is 35.4. The Morgan fingerprint density at radius 1 is 0.484 bits per heavy atom. The first kappa shape index (κ1) is 45.8. The van der Waals surface area contributed by atoms with Crippen molar-refractivity contribution in [3.8, 4) is 22.3 Å². The Balaban J connectivity index is 1.12. The normalized spacial score (nSPS) is 23.8. The van der Waals surface area contributed by atoms with E-state index in [4.69, 9.17) is 0 Å². The molecule has 4 fully saturated rings. The Bertz CT molecular complexity index is 2140. The first-order valence-corrected chi connectivity index (χ1v) is 42.7. The molecule has 0 nitrogen and oxygen atoms in total. The van der Waals surface area contributed by atoms with Gasteiger partial charge < -0.3 is 0 Å². The molecule has 6 aliphatic carbocycles. The van der Waals surface area contributed by atoms with Crippen LogP contribution in [0.15, 0.2) is 96.1 Å². The molecule has 0 aromatic heterocycles. The summed E-state index contributed by atoms with van der Waals surface area (Å²) in [4.78, 5) is 0. The molecule has 0 N–H and O–H groups in total. The molecule has 4 heteroatoms. The predicted molar refractivity (Wildman–Crippen MR) is 279 cm³/mol. The fraction of sp³-hybridized carbons (Fsp3) is 0.533. The van der Waals surface area contributed by atoms with E-state index in [1.165, 1.54) is 197 Å². The van der Waals surface area contributed by atoms with Crippen molar-refractivity contribution in [1.29, 1.82) is 0 Å². The van der Waals surface area contributed by atoms with Crippen molar-refractivity contribution < 1.29 is 15.6 Å². The van der Waals surface area contributed by atoms with E-state index in [0.717, 1.165) is 24.7 Å². The topological polar surface area (TPSA) is 0 Å². The molecule has 0 radical (unpaired) electrons. The van der Waals surface area contributed by atoms with Gasteiger partial charge in [0.1, 0.15) is 0 Å². The van der Waals surface area contributed by atoms with Gasteiger partial charge in [-0.3, -0.25) is 0 Å². The van der Waals surface area contributed by atoms with Gasteiger partial charge in [-0.25, -0.2) is 0 Å². The van der Waals surface area contributed by atoms with Crippen molar-refractivity contribution in [2.45, 2.75) is 186 Å². The molecule has 6 aliphatic rings. The van der Waals surface area contributed by atoms with Crippen LogP contribution in [0.2, 0.25) is 12.6 Å². The molecule has 10 rings (SSSR count). The zero-order valence-corrected chi connectivity index (χ0v) is 44.6. The molecular formula is C60H77Cl2SiZr. The van der Waals surface area contributed by atoms with Gasteiger partial charge in [0.2, 0.25) is 0 Å². The molecule has 0 spiro atoms. The molecule has 3 atom stereocenters. The summed E-state index contributed by atoms with van der Waals surface area (Å²) in [6.45, 7) is 5.06. The number of rotatable bonds is 13. The van der Waals surface area contributed by atoms with Gasteiger partial charge in [0.25, 0.3) is 0 Å². The molecule has 0 bridgehead atoms. The molecule has 3 unspecified atom stereocenters. The van der Waals surface area contributed by atoms with Crippen molar-refractivity contribution >= 4 is 35.1 Å². The van der Waals surface area contributed by atoms with E-state index in [9.17, 15) is 17.0 Å². The van der Waals surface area contributed by atoms with Crippen molar-refractivity contribution in [1.82, 2.24) is 0 Å². The summed E-state index contributed by atoms with van der Waals surface area (Å²) in [7, 11) is 18.8. The standard InChI is InChI=1S/2C28H33.C4H11Si.2ClH.Zr/c2*1-3-8-21(9-4-1)18-22-19-26-12-7-13-27(28(26)20-22)25-16-14-24(15-17-25)23-10-5-2-6-11-23;1-3-4-5-2;;;/h2*7,12-17,19-21,23H,1-6,8-11,18H2;5H,3-4H2,1-2H3;2*1H;/q;;;;;+2/p-2. The number of allylic oxidation sites excluding steroid dienone is 2. The van der Waals surface area contributed by atoms with E-state index in [-0.39, 0.29) is 7.25 Å². The number of fused-ring (bicyclic) bond motifs is 2. The van der Waals surface area contributed by atoms with Crippen LogP contribution in [0.3, 0.4) is 0 Å². The third-order valence-electron chi connectivity index (χ3n) is 18.2. The third-order valence-corrected chi connectivity index (χ3v) is 68.6. The van der Waals surface area contributed by atoms with Crippen molar-refractivity contribution in [3.05, 3.63) is 129 Å². The maximum absolute atomic E-state index is 9.38. The fourth-order valence-electron chi connectivity index (χ4n) is 14.7. The number of hydrogen-bond acceptors (Lipinski definition) is 0. The van der Waals surface area contributed by atoms with Crippen LogP contribution in [-0.4, -0.2) is 5.92 Å². The minimum atomic E-state index is -5.09. The second-order valence-corrected chi connectivity index (χ2v) is 63.5. The molecule has 0 aliphatic heterocycles.